The quantitative estimate of drug-likeness (QED) is 0.188. The van der Waals surface area contributed by atoms with Crippen LogP contribution in [0.5, 0.6) is 11.5 Å². The highest BCUT2D eigenvalue weighted by Gasteiger charge is 2.14. The van der Waals surface area contributed by atoms with Crippen LogP contribution < -0.4 is 25.4 Å². The zero-order valence-corrected chi connectivity index (χ0v) is 21.6. The highest BCUT2D eigenvalue weighted by Crippen LogP contribution is 2.21. The zero-order valence-electron chi connectivity index (χ0n) is 20.8. The van der Waals surface area contributed by atoms with Crippen molar-refractivity contribution in [2.24, 2.45) is 0 Å². The number of hydrogen-bond donors (Lipinski definition) is 3. The van der Waals surface area contributed by atoms with E-state index in [9.17, 15) is 9.59 Å². The maximum atomic E-state index is 12.9. The number of hydrogen-bond acceptors (Lipinski definition) is 5. The number of benzene rings is 4. The lowest BCUT2D eigenvalue weighted by atomic mass is 10.1. The second kappa shape index (κ2) is 13.0. The molecule has 4 rings (SSSR count). The lowest BCUT2D eigenvalue weighted by molar-refractivity contribution is 0.0971. The van der Waals surface area contributed by atoms with E-state index in [4.69, 9.17) is 21.7 Å². The van der Waals surface area contributed by atoms with Crippen LogP contribution in [-0.4, -0.2) is 30.1 Å². The normalized spacial score (nSPS) is 10.2. The Morgan fingerprint density at radius 3 is 2.13 bits per heavy atom. The summed E-state index contributed by atoms with van der Waals surface area (Å²) in [7, 11) is 0. The first-order valence-corrected chi connectivity index (χ1v) is 12.4. The number of thiocarbonyl (C=S) groups is 1. The van der Waals surface area contributed by atoms with Crippen molar-refractivity contribution >= 4 is 40.5 Å². The van der Waals surface area contributed by atoms with Gasteiger partial charge in [0.15, 0.2) is 5.11 Å². The summed E-state index contributed by atoms with van der Waals surface area (Å²) in [6.07, 6.45) is 0. The molecule has 0 bridgehead atoms. The molecule has 192 valence electrons. The summed E-state index contributed by atoms with van der Waals surface area (Å²) >= 11 is 5.35. The number of aryl methyl sites for hydroxylation is 1. The summed E-state index contributed by atoms with van der Waals surface area (Å²) < 4.78 is 11.4. The summed E-state index contributed by atoms with van der Waals surface area (Å²) in [5, 5.41) is 8.74. The Hall–Kier alpha value is -4.69. The van der Waals surface area contributed by atoms with Crippen molar-refractivity contribution < 1.29 is 19.1 Å². The van der Waals surface area contributed by atoms with Crippen LogP contribution in [0.1, 0.15) is 26.3 Å². The molecule has 4 aromatic carbocycles. The fourth-order valence-corrected chi connectivity index (χ4v) is 3.82. The van der Waals surface area contributed by atoms with Gasteiger partial charge >= 0.3 is 0 Å². The summed E-state index contributed by atoms with van der Waals surface area (Å²) in [5.74, 6) is 0.592. The molecule has 2 amide bonds. The molecule has 0 atom stereocenters. The topological polar surface area (TPSA) is 88.7 Å². The minimum absolute atomic E-state index is 0.137. The molecule has 0 aromatic heterocycles. The van der Waals surface area contributed by atoms with Gasteiger partial charge < -0.3 is 20.1 Å². The first-order chi connectivity index (χ1) is 18.5. The number of anilines is 2. The average molecular weight is 526 g/mol. The summed E-state index contributed by atoms with van der Waals surface area (Å²) in [5.41, 5.74) is 3.12. The maximum Gasteiger partial charge on any atom is 0.261 e. The average Bonchev–Trinajstić information content (AvgIpc) is 2.93. The lowest BCUT2D eigenvalue weighted by Crippen LogP contribution is -2.34. The van der Waals surface area contributed by atoms with Gasteiger partial charge in [-0.15, -0.1) is 0 Å². The smallest absolute Gasteiger partial charge is 0.261 e. The number of para-hydroxylation sites is 2. The molecule has 0 saturated heterocycles. The minimum Gasteiger partial charge on any atom is -0.490 e. The van der Waals surface area contributed by atoms with Crippen LogP contribution in [0.2, 0.25) is 0 Å². The predicted molar refractivity (Wildman–Crippen MR) is 153 cm³/mol. The van der Waals surface area contributed by atoms with E-state index in [1.165, 1.54) is 0 Å². The fourth-order valence-electron chi connectivity index (χ4n) is 3.61. The first-order valence-electron chi connectivity index (χ1n) is 12.0. The Morgan fingerprint density at radius 2 is 1.39 bits per heavy atom. The van der Waals surface area contributed by atoms with Crippen molar-refractivity contribution in [1.82, 2.24) is 5.32 Å². The van der Waals surface area contributed by atoms with Gasteiger partial charge in [0.1, 0.15) is 24.7 Å². The Morgan fingerprint density at radius 1 is 0.737 bits per heavy atom. The number of ether oxygens (including phenoxy) is 2. The summed E-state index contributed by atoms with van der Waals surface area (Å²) in [6, 6.07) is 30.8. The van der Waals surface area contributed by atoms with E-state index < -0.39 is 5.91 Å². The Bertz CT molecular complexity index is 1410. The van der Waals surface area contributed by atoms with Gasteiger partial charge in [-0.3, -0.25) is 14.9 Å². The Kier molecular flexibility index (Phi) is 9.04. The van der Waals surface area contributed by atoms with Crippen molar-refractivity contribution in [3.63, 3.8) is 0 Å². The third kappa shape index (κ3) is 7.41. The molecular weight excluding hydrogens is 498 g/mol. The van der Waals surface area contributed by atoms with E-state index in [1.54, 1.807) is 48.5 Å². The molecule has 7 nitrogen and oxygen atoms in total. The van der Waals surface area contributed by atoms with Gasteiger partial charge in [-0.05, 0) is 79.3 Å². The number of rotatable bonds is 9. The molecule has 4 aromatic rings. The molecular formula is C30H27N3O4S. The molecule has 0 aliphatic heterocycles. The summed E-state index contributed by atoms with van der Waals surface area (Å²) in [6.45, 7) is 2.48. The largest absolute Gasteiger partial charge is 0.490 e. The van der Waals surface area contributed by atoms with Crippen LogP contribution in [0.25, 0.3) is 0 Å². The van der Waals surface area contributed by atoms with Crippen LogP contribution in [0.3, 0.4) is 0 Å². The third-order valence-corrected chi connectivity index (χ3v) is 5.68. The molecule has 0 heterocycles. The van der Waals surface area contributed by atoms with Crippen LogP contribution in [0, 0.1) is 6.92 Å². The van der Waals surface area contributed by atoms with E-state index in [1.807, 2.05) is 61.5 Å². The number of carbonyl (C=O) groups is 2. The Balaban J connectivity index is 1.30. The molecule has 0 aliphatic rings. The lowest BCUT2D eigenvalue weighted by Gasteiger charge is -2.14. The van der Waals surface area contributed by atoms with E-state index in [0.29, 0.717) is 34.9 Å². The van der Waals surface area contributed by atoms with E-state index >= 15 is 0 Å². The monoisotopic (exact) mass is 525 g/mol. The van der Waals surface area contributed by atoms with Crippen molar-refractivity contribution in [3.05, 3.63) is 120 Å². The second-order valence-corrected chi connectivity index (χ2v) is 8.67. The van der Waals surface area contributed by atoms with E-state index in [-0.39, 0.29) is 17.6 Å². The highest BCUT2D eigenvalue weighted by molar-refractivity contribution is 7.80. The minimum atomic E-state index is -0.398. The maximum absolute atomic E-state index is 12.9. The Labute approximate surface area is 226 Å². The van der Waals surface area contributed by atoms with Crippen LogP contribution in [0.4, 0.5) is 11.4 Å². The van der Waals surface area contributed by atoms with Crippen molar-refractivity contribution in [2.75, 3.05) is 23.8 Å². The third-order valence-electron chi connectivity index (χ3n) is 5.48. The van der Waals surface area contributed by atoms with Crippen LogP contribution in [-0.2, 0) is 0 Å². The predicted octanol–water partition coefficient (Wildman–Crippen LogP) is 5.83. The first kappa shape index (κ1) is 26.4. The molecule has 0 saturated carbocycles. The van der Waals surface area contributed by atoms with Crippen LogP contribution >= 0.6 is 12.2 Å². The van der Waals surface area contributed by atoms with Gasteiger partial charge in [0.2, 0.25) is 0 Å². The van der Waals surface area contributed by atoms with Crippen molar-refractivity contribution in [1.29, 1.82) is 0 Å². The number of carbonyl (C=O) groups excluding carboxylic acids is 2. The molecule has 0 spiro atoms. The second-order valence-electron chi connectivity index (χ2n) is 8.26. The molecule has 0 aliphatic carbocycles. The van der Waals surface area contributed by atoms with Gasteiger partial charge in [0.05, 0.1) is 5.56 Å². The summed E-state index contributed by atoms with van der Waals surface area (Å²) in [4.78, 5) is 25.3. The van der Waals surface area contributed by atoms with Gasteiger partial charge in [0, 0.05) is 16.9 Å². The van der Waals surface area contributed by atoms with Crippen LogP contribution in [0.15, 0.2) is 103 Å². The molecule has 8 heteroatoms. The standard InChI is InChI=1S/C30H27N3O4S/c1-21-20-23(16-17-26(21)32-28(34)22-10-4-2-5-11-22)31-30(38)33-29(35)25-14-8-9-15-27(25)37-19-18-36-24-12-6-3-7-13-24/h2-17,20H,18-19H2,1H3,(H,32,34)(H2,31,33,35,38). The SMILES string of the molecule is Cc1cc(NC(=S)NC(=O)c2ccccc2OCCOc2ccccc2)ccc1NC(=O)c1ccccc1. The van der Waals surface area contributed by atoms with Crippen molar-refractivity contribution in [2.45, 2.75) is 6.92 Å². The molecule has 0 radical (unpaired) electrons. The van der Waals surface area contributed by atoms with Gasteiger partial charge in [-0.2, -0.15) is 0 Å². The number of amides is 2. The number of nitrogens with one attached hydrogen (secondary N) is 3. The van der Waals surface area contributed by atoms with E-state index in [2.05, 4.69) is 16.0 Å². The highest BCUT2D eigenvalue weighted by atomic mass is 32.1. The fraction of sp³-hybridized carbons (Fsp3) is 0.100. The van der Waals surface area contributed by atoms with Gasteiger partial charge in [0.25, 0.3) is 11.8 Å². The van der Waals surface area contributed by atoms with E-state index in [0.717, 1.165) is 11.3 Å². The van der Waals surface area contributed by atoms with Gasteiger partial charge in [-0.1, -0.05) is 48.5 Å². The van der Waals surface area contributed by atoms with Crippen molar-refractivity contribution in [3.8, 4) is 11.5 Å². The van der Waals surface area contributed by atoms with Gasteiger partial charge in [-0.25, -0.2) is 0 Å². The molecule has 0 fully saturated rings. The zero-order chi connectivity index (χ0) is 26.7. The molecule has 38 heavy (non-hydrogen) atoms. The molecule has 0 unspecified atom stereocenters. The molecule has 3 N–H and O–H groups in total.